The maximum atomic E-state index is 13.2. The Hall–Kier alpha value is -1.62. The van der Waals surface area contributed by atoms with E-state index in [1.807, 2.05) is 0 Å². The molecular formula is C15H22FN3O. The molecular weight excluding hydrogens is 257 g/mol. The molecule has 0 aromatic heterocycles. The number of benzene rings is 1. The predicted molar refractivity (Wildman–Crippen MR) is 78.9 cm³/mol. The molecule has 4 nitrogen and oxygen atoms in total. The summed E-state index contributed by atoms with van der Waals surface area (Å²) in [6, 6.07) is 4.43. The van der Waals surface area contributed by atoms with Gasteiger partial charge < -0.3 is 11.1 Å². The summed E-state index contributed by atoms with van der Waals surface area (Å²) in [6.07, 6.45) is 2.26. The van der Waals surface area contributed by atoms with Gasteiger partial charge in [-0.25, -0.2) is 4.39 Å². The van der Waals surface area contributed by atoms with Crippen molar-refractivity contribution < 1.29 is 9.18 Å². The number of nitrogens with zero attached hydrogens (tertiary/aromatic N) is 1. The Morgan fingerprint density at radius 2 is 2.30 bits per heavy atom. The van der Waals surface area contributed by atoms with Crippen molar-refractivity contribution in [2.75, 3.05) is 24.1 Å². The third-order valence-electron chi connectivity index (χ3n) is 3.82. The highest BCUT2D eigenvalue weighted by molar-refractivity contribution is 5.95. The van der Waals surface area contributed by atoms with E-state index in [4.69, 9.17) is 5.73 Å². The van der Waals surface area contributed by atoms with Gasteiger partial charge in [0.15, 0.2) is 0 Å². The molecule has 1 saturated heterocycles. The van der Waals surface area contributed by atoms with Gasteiger partial charge in [0.1, 0.15) is 5.82 Å². The summed E-state index contributed by atoms with van der Waals surface area (Å²) in [5.74, 6) is -0.0184. The smallest absolute Gasteiger partial charge is 0.238 e. The second-order valence-electron chi connectivity index (χ2n) is 5.70. The summed E-state index contributed by atoms with van der Waals surface area (Å²) in [7, 11) is 0. The molecule has 1 unspecified atom stereocenters. The molecule has 1 heterocycles. The molecule has 1 aromatic rings. The van der Waals surface area contributed by atoms with E-state index in [1.54, 1.807) is 0 Å². The zero-order valence-electron chi connectivity index (χ0n) is 12.0. The molecule has 1 amide bonds. The number of anilines is 2. The van der Waals surface area contributed by atoms with Gasteiger partial charge in [0.05, 0.1) is 17.9 Å². The lowest BCUT2D eigenvalue weighted by atomic mass is 10.0. The van der Waals surface area contributed by atoms with Crippen LogP contribution in [0.1, 0.15) is 26.7 Å². The Balaban J connectivity index is 1.97. The Morgan fingerprint density at radius 1 is 1.55 bits per heavy atom. The molecule has 0 aliphatic carbocycles. The van der Waals surface area contributed by atoms with E-state index < -0.39 is 5.82 Å². The van der Waals surface area contributed by atoms with E-state index in [1.165, 1.54) is 18.2 Å². The Morgan fingerprint density at radius 3 is 3.00 bits per heavy atom. The number of nitrogens with two attached hydrogens (primary N) is 1. The molecule has 0 radical (unpaired) electrons. The molecule has 1 aromatic carbocycles. The summed E-state index contributed by atoms with van der Waals surface area (Å²) in [5.41, 5.74) is 6.45. The zero-order valence-corrected chi connectivity index (χ0v) is 12.0. The third kappa shape index (κ3) is 3.48. The highest BCUT2D eigenvalue weighted by Gasteiger charge is 2.28. The normalized spacial score (nSPS) is 19.5. The van der Waals surface area contributed by atoms with E-state index in [2.05, 4.69) is 24.1 Å². The summed E-state index contributed by atoms with van der Waals surface area (Å²) in [4.78, 5) is 14.3. The van der Waals surface area contributed by atoms with Crippen molar-refractivity contribution in [2.45, 2.75) is 32.7 Å². The van der Waals surface area contributed by atoms with Crippen LogP contribution in [-0.2, 0) is 4.79 Å². The summed E-state index contributed by atoms with van der Waals surface area (Å²) >= 11 is 0. The van der Waals surface area contributed by atoms with Crippen molar-refractivity contribution in [2.24, 2.45) is 5.92 Å². The molecule has 0 saturated carbocycles. The van der Waals surface area contributed by atoms with Crippen molar-refractivity contribution in [3.63, 3.8) is 0 Å². The van der Waals surface area contributed by atoms with Crippen LogP contribution in [0, 0.1) is 11.7 Å². The van der Waals surface area contributed by atoms with Crippen molar-refractivity contribution >= 4 is 17.3 Å². The fraction of sp³-hybridized carbons (Fsp3) is 0.533. The summed E-state index contributed by atoms with van der Waals surface area (Å²) in [6.45, 7) is 5.62. The van der Waals surface area contributed by atoms with E-state index in [9.17, 15) is 9.18 Å². The highest BCUT2D eigenvalue weighted by atomic mass is 19.1. The quantitative estimate of drug-likeness (QED) is 0.832. The number of nitrogen functional groups attached to an aromatic ring is 1. The van der Waals surface area contributed by atoms with Gasteiger partial charge in [-0.15, -0.1) is 0 Å². The maximum Gasteiger partial charge on any atom is 0.238 e. The molecule has 1 aliphatic heterocycles. The lowest BCUT2D eigenvalue weighted by Gasteiger charge is -2.26. The minimum atomic E-state index is -0.407. The number of hydrogen-bond donors (Lipinski definition) is 2. The minimum absolute atomic E-state index is 0.144. The van der Waals surface area contributed by atoms with Crippen molar-refractivity contribution in [3.8, 4) is 0 Å². The highest BCUT2D eigenvalue weighted by Crippen LogP contribution is 2.24. The van der Waals surface area contributed by atoms with Gasteiger partial charge in [0.25, 0.3) is 0 Å². The van der Waals surface area contributed by atoms with Crippen molar-refractivity contribution in [1.29, 1.82) is 0 Å². The molecule has 0 bridgehead atoms. The van der Waals surface area contributed by atoms with Crippen LogP contribution in [0.25, 0.3) is 0 Å². The molecule has 110 valence electrons. The van der Waals surface area contributed by atoms with Crippen molar-refractivity contribution in [3.05, 3.63) is 24.0 Å². The number of amides is 1. The van der Waals surface area contributed by atoms with Crippen LogP contribution in [0.5, 0.6) is 0 Å². The first kappa shape index (κ1) is 14.8. The van der Waals surface area contributed by atoms with Gasteiger partial charge in [-0.2, -0.15) is 0 Å². The lowest BCUT2D eigenvalue weighted by Crippen LogP contribution is -2.39. The number of nitrogens with one attached hydrogen (secondary N) is 1. The number of carbonyl (C=O) groups is 1. The third-order valence-corrected chi connectivity index (χ3v) is 3.82. The standard InChI is InChI=1S/C15H22FN3O/c1-10(2)14-4-3-7-19(14)9-15(20)18-13-8-11(16)5-6-12(13)17/h5-6,8,10,14H,3-4,7,9,17H2,1-2H3,(H,18,20). The second-order valence-corrected chi connectivity index (χ2v) is 5.70. The molecule has 0 spiro atoms. The first-order valence-electron chi connectivity index (χ1n) is 7.06. The largest absolute Gasteiger partial charge is 0.397 e. The van der Waals surface area contributed by atoms with E-state index in [0.717, 1.165) is 19.4 Å². The van der Waals surface area contributed by atoms with Crippen LogP contribution in [0.2, 0.25) is 0 Å². The molecule has 20 heavy (non-hydrogen) atoms. The van der Waals surface area contributed by atoms with Crippen LogP contribution in [0.4, 0.5) is 15.8 Å². The van der Waals surface area contributed by atoms with E-state index in [0.29, 0.717) is 29.9 Å². The van der Waals surface area contributed by atoms with Crippen LogP contribution in [0.3, 0.4) is 0 Å². The van der Waals surface area contributed by atoms with Crippen molar-refractivity contribution in [1.82, 2.24) is 4.90 Å². The van der Waals surface area contributed by atoms with E-state index in [-0.39, 0.29) is 5.91 Å². The summed E-state index contributed by atoms with van der Waals surface area (Å²) in [5, 5.41) is 2.69. The molecule has 2 rings (SSSR count). The molecule has 1 aliphatic rings. The second kappa shape index (κ2) is 6.22. The maximum absolute atomic E-state index is 13.2. The number of hydrogen-bond acceptors (Lipinski definition) is 3. The van der Waals surface area contributed by atoms with Crippen LogP contribution >= 0.6 is 0 Å². The first-order valence-corrected chi connectivity index (χ1v) is 7.06. The Kier molecular flexibility index (Phi) is 4.60. The molecule has 3 N–H and O–H groups in total. The van der Waals surface area contributed by atoms with Gasteiger partial charge in [-0.1, -0.05) is 13.8 Å². The summed E-state index contributed by atoms with van der Waals surface area (Å²) < 4.78 is 13.2. The first-order chi connectivity index (χ1) is 9.47. The number of carbonyl (C=O) groups excluding carboxylic acids is 1. The minimum Gasteiger partial charge on any atom is -0.397 e. The van der Waals surface area contributed by atoms with Gasteiger partial charge in [0, 0.05) is 6.04 Å². The van der Waals surface area contributed by atoms with Crippen LogP contribution in [0.15, 0.2) is 18.2 Å². The SMILES string of the molecule is CC(C)C1CCCN1CC(=O)Nc1cc(F)ccc1N. The van der Waals surface area contributed by atoms with Gasteiger partial charge in [-0.3, -0.25) is 9.69 Å². The van der Waals surface area contributed by atoms with Gasteiger partial charge in [-0.05, 0) is 43.5 Å². The van der Waals surface area contributed by atoms with Gasteiger partial charge in [0.2, 0.25) is 5.91 Å². The topological polar surface area (TPSA) is 58.4 Å². The Labute approximate surface area is 119 Å². The predicted octanol–water partition coefficient (Wildman–Crippen LogP) is 2.47. The van der Waals surface area contributed by atoms with Crippen LogP contribution in [-0.4, -0.2) is 29.9 Å². The fourth-order valence-electron chi connectivity index (χ4n) is 2.81. The monoisotopic (exact) mass is 279 g/mol. The lowest BCUT2D eigenvalue weighted by molar-refractivity contribution is -0.117. The number of halogens is 1. The molecule has 1 atom stereocenters. The molecule has 5 heteroatoms. The average molecular weight is 279 g/mol. The average Bonchev–Trinajstić information content (AvgIpc) is 2.82. The van der Waals surface area contributed by atoms with E-state index >= 15 is 0 Å². The Bertz CT molecular complexity index is 490. The van der Waals surface area contributed by atoms with Crippen LogP contribution < -0.4 is 11.1 Å². The van der Waals surface area contributed by atoms with Gasteiger partial charge >= 0.3 is 0 Å². The fourth-order valence-corrected chi connectivity index (χ4v) is 2.81. The number of rotatable bonds is 4. The number of likely N-dealkylation sites (tertiary alicyclic amines) is 1. The zero-order chi connectivity index (χ0) is 14.7. The molecule has 1 fully saturated rings.